The van der Waals surface area contributed by atoms with Crippen molar-refractivity contribution in [3.63, 3.8) is 0 Å². The molecule has 0 bridgehead atoms. The molecule has 0 aromatic rings. The summed E-state index contributed by atoms with van der Waals surface area (Å²) in [7, 11) is -2.98. The highest BCUT2D eigenvalue weighted by atomic mass is 32.2. The van der Waals surface area contributed by atoms with Crippen LogP contribution in [-0.4, -0.2) is 68.1 Å². The van der Waals surface area contributed by atoms with Crippen molar-refractivity contribution in [2.75, 3.05) is 24.6 Å². The molecule has 4 atom stereocenters. The van der Waals surface area contributed by atoms with Crippen LogP contribution < -0.4 is 5.32 Å². The molecule has 0 aromatic heterocycles. The van der Waals surface area contributed by atoms with Gasteiger partial charge in [-0.3, -0.25) is 9.69 Å². The van der Waals surface area contributed by atoms with Crippen molar-refractivity contribution >= 4 is 15.7 Å². The largest absolute Gasteiger partial charge is 0.373 e. The fourth-order valence-electron chi connectivity index (χ4n) is 3.53. The highest BCUT2D eigenvalue weighted by Gasteiger charge is 2.36. The minimum Gasteiger partial charge on any atom is -0.373 e. The highest BCUT2D eigenvalue weighted by Crippen LogP contribution is 2.20. The highest BCUT2D eigenvalue weighted by molar-refractivity contribution is 7.91. The third-order valence-corrected chi connectivity index (χ3v) is 6.09. The maximum atomic E-state index is 12.7. The van der Waals surface area contributed by atoms with Gasteiger partial charge in [0.05, 0.1) is 29.8 Å². The molecule has 128 valence electrons. The Morgan fingerprint density at radius 2 is 1.82 bits per heavy atom. The Morgan fingerprint density at radius 3 is 2.27 bits per heavy atom. The van der Waals surface area contributed by atoms with Crippen LogP contribution >= 0.6 is 0 Å². The summed E-state index contributed by atoms with van der Waals surface area (Å²) in [6.07, 6.45) is 0.726. The average molecular weight is 332 g/mol. The van der Waals surface area contributed by atoms with Crippen molar-refractivity contribution in [3.8, 4) is 0 Å². The number of ether oxygens (including phenoxy) is 1. The molecular weight excluding hydrogens is 304 g/mol. The number of hydrogen-bond acceptors (Lipinski definition) is 5. The Balaban J connectivity index is 2.02. The zero-order chi connectivity index (χ0) is 16.5. The van der Waals surface area contributed by atoms with Crippen LogP contribution in [0.3, 0.4) is 0 Å². The van der Waals surface area contributed by atoms with Crippen molar-refractivity contribution in [3.05, 3.63) is 0 Å². The van der Waals surface area contributed by atoms with Gasteiger partial charge in [-0.15, -0.1) is 0 Å². The number of morpholine rings is 1. The van der Waals surface area contributed by atoms with Gasteiger partial charge in [0, 0.05) is 19.1 Å². The molecule has 2 aliphatic rings. The topological polar surface area (TPSA) is 75.7 Å². The van der Waals surface area contributed by atoms with Crippen molar-refractivity contribution in [2.24, 2.45) is 5.92 Å². The quantitative estimate of drug-likeness (QED) is 0.808. The molecule has 0 aromatic carbocycles. The van der Waals surface area contributed by atoms with E-state index in [2.05, 4.69) is 10.2 Å². The van der Waals surface area contributed by atoms with Crippen LogP contribution in [0.4, 0.5) is 0 Å². The van der Waals surface area contributed by atoms with E-state index in [1.807, 2.05) is 27.7 Å². The summed E-state index contributed by atoms with van der Waals surface area (Å²) in [4.78, 5) is 14.8. The van der Waals surface area contributed by atoms with Gasteiger partial charge in [-0.2, -0.15) is 0 Å². The molecule has 4 unspecified atom stereocenters. The summed E-state index contributed by atoms with van der Waals surface area (Å²) >= 11 is 0. The normalized spacial score (nSPS) is 33.8. The van der Waals surface area contributed by atoms with Crippen molar-refractivity contribution in [2.45, 2.75) is 58.4 Å². The minimum absolute atomic E-state index is 0.0570. The van der Waals surface area contributed by atoms with E-state index in [0.29, 0.717) is 6.42 Å². The summed E-state index contributed by atoms with van der Waals surface area (Å²) in [5, 5.41) is 2.94. The lowest BCUT2D eigenvalue weighted by molar-refractivity contribution is -0.135. The van der Waals surface area contributed by atoms with Gasteiger partial charge in [0.15, 0.2) is 9.84 Å². The molecule has 0 saturated carbocycles. The number of amides is 1. The van der Waals surface area contributed by atoms with E-state index >= 15 is 0 Å². The van der Waals surface area contributed by atoms with Crippen LogP contribution in [0, 0.1) is 5.92 Å². The number of nitrogens with one attached hydrogen (secondary N) is 1. The fourth-order valence-corrected chi connectivity index (χ4v) is 5.20. The van der Waals surface area contributed by atoms with Gasteiger partial charge in [-0.05, 0) is 26.2 Å². The molecular formula is C15H28N2O4S. The first-order valence-electron chi connectivity index (χ1n) is 8.08. The number of hydrogen-bond donors (Lipinski definition) is 1. The molecule has 7 heteroatoms. The Kier molecular flexibility index (Phi) is 5.50. The Hall–Kier alpha value is -0.660. The average Bonchev–Trinajstić information content (AvgIpc) is 2.66. The summed E-state index contributed by atoms with van der Waals surface area (Å²) < 4.78 is 28.8. The molecule has 6 nitrogen and oxygen atoms in total. The van der Waals surface area contributed by atoms with Gasteiger partial charge < -0.3 is 10.1 Å². The predicted octanol–water partition coefficient (Wildman–Crippen LogP) is 0.424. The number of carbonyl (C=O) groups excluding carboxylic acids is 1. The maximum absolute atomic E-state index is 12.7. The second kappa shape index (κ2) is 6.84. The van der Waals surface area contributed by atoms with Gasteiger partial charge in [0.2, 0.25) is 5.91 Å². The van der Waals surface area contributed by atoms with E-state index in [0.717, 1.165) is 13.1 Å². The van der Waals surface area contributed by atoms with Crippen molar-refractivity contribution in [1.82, 2.24) is 10.2 Å². The standard InChI is InChI=1S/C15H28N2O4S/c1-10(2)14(17-7-11(3)21-12(4)8-17)15(18)16-13-5-6-22(19,20)9-13/h10-14H,5-9H2,1-4H3,(H,16,18). The van der Waals surface area contributed by atoms with Crippen molar-refractivity contribution in [1.29, 1.82) is 0 Å². The molecule has 0 radical (unpaired) electrons. The van der Waals surface area contributed by atoms with Crippen LogP contribution in [-0.2, 0) is 19.4 Å². The Morgan fingerprint density at radius 1 is 1.23 bits per heavy atom. The van der Waals surface area contributed by atoms with E-state index in [9.17, 15) is 13.2 Å². The van der Waals surface area contributed by atoms with Crippen LogP contribution in [0.25, 0.3) is 0 Å². The Bertz CT molecular complexity index is 496. The van der Waals surface area contributed by atoms with Crippen LogP contribution in [0.15, 0.2) is 0 Å². The third-order valence-electron chi connectivity index (χ3n) is 4.32. The zero-order valence-corrected chi connectivity index (χ0v) is 14.7. The van der Waals surface area contributed by atoms with Gasteiger partial charge in [-0.1, -0.05) is 13.8 Å². The lowest BCUT2D eigenvalue weighted by Gasteiger charge is -2.41. The molecule has 2 saturated heterocycles. The smallest absolute Gasteiger partial charge is 0.237 e. The number of rotatable bonds is 4. The first-order chi connectivity index (χ1) is 10.2. The van der Waals surface area contributed by atoms with Gasteiger partial charge >= 0.3 is 0 Å². The molecule has 1 amide bonds. The molecule has 2 fully saturated rings. The molecule has 2 heterocycles. The Labute approximate surface area is 133 Å². The summed E-state index contributed by atoms with van der Waals surface area (Å²) in [6.45, 7) is 9.54. The van der Waals surface area contributed by atoms with Crippen LogP contribution in [0.5, 0.6) is 0 Å². The lowest BCUT2D eigenvalue weighted by atomic mass is 9.99. The first kappa shape index (κ1) is 17.7. The first-order valence-corrected chi connectivity index (χ1v) is 9.90. The van der Waals surface area contributed by atoms with E-state index < -0.39 is 9.84 Å². The number of carbonyl (C=O) groups is 1. The fraction of sp³-hybridized carbons (Fsp3) is 0.933. The van der Waals surface area contributed by atoms with Crippen molar-refractivity contribution < 1.29 is 17.9 Å². The van der Waals surface area contributed by atoms with E-state index in [-0.39, 0.29) is 47.6 Å². The number of nitrogens with zero attached hydrogens (tertiary/aromatic N) is 1. The summed E-state index contributed by atoms with van der Waals surface area (Å²) in [6, 6.07) is -0.480. The third kappa shape index (κ3) is 4.43. The molecule has 2 rings (SSSR count). The van der Waals surface area contributed by atoms with Crippen LogP contribution in [0.1, 0.15) is 34.1 Å². The molecule has 0 spiro atoms. The summed E-state index contributed by atoms with van der Waals surface area (Å²) in [5.41, 5.74) is 0. The molecule has 22 heavy (non-hydrogen) atoms. The minimum atomic E-state index is -2.98. The molecule has 1 N–H and O–H groups in total. The van der Waals surface area contributed by atoms with Crippen LogP contribution in [0.2, 0.25) is 0 Å². The monoisotopic (exact) mass is 332 g/mol. The van der Waals surface area contributed by atoms with Gasteiger partial charge in [0.25, 0.3) is 0 Å². The second-order valence-electron chi connectivity index (χ2n) is 7.01. The van der Waals surface area contributed by atoms with E-state index in [4.69, 9.17) is 4.74 Å². The predicted molar refractivity (Wildman–Crippen MR) is 85.4 cm³/mol. The zero-order valence-electron chi connectivity index (χ0n) is 13.9. The second-order valence-corrected chi connectivity index (χ2v) is 9.24. The SMILES string of the molecule is CC1CN(C(C(=O)NC2CCS(=O)(=O)C2)C(C)C)CC(C)O1. The lowest BCUT2D eigenvalue weighted by Crippen LogP contribution is -2.58. The number of sulfone groups is 1. The maximum Gasteiger partial charge on any atom is 0.237 e. The van der Waals surface area contributed by atoms with E-state index in [1.165, 1.54) is 0 Å². The summed E-state index contributed by atoms with van der Waals surface area (Å²) in [5.74, 6) is 0.351. The van der Waals surface area contributed by atoms with E-state index in [1.54, 1.807) is 0 Å². The van der Waals surface area contributed by atoms with Gasteiger partial charge in [0.1, 0.15) is 0 Å². The molecule has 0 aliphatic carbocycles. The molecule has 2 aliphatic heterocycles. The van der Waals surface area contributed by atoms with Gasteiger partial charge in [-0.25, -0.2) is 8.42 Å².